The van der Waals surface area contributed by atoms with Crippen LogP contribution in [-0.2, 0) is 51.2 Å². The number of nitrogens with zero attached hydrogens (tertiary/aromatic N) is 1. The highest BCUT2D eigenvalue weighted by atomic mass is 16.2. The fourth-order valence-corrected chi connectivity index (χ4v) is 7.33. The van der Waals surface area contributed by atoms with Crippen LogP contribution in [0, 0.1) is 11.8 Å². The monoisotopic (exact) mass is 902 g/mol. The van der Waals surface area contributed by atoms with E-state index < -0.39 is 89.1 Å². The number of aromatic amines is 1. The van der Waals surface area contributed by atoms with Gasteiger partial charge in [-0.15, -0.1) is 0 Å². The molecule has 1 aromatic heterocycles. The molecule has 0 saturated heterocycles. The van der Waals surface area contributed by atoms with E-state index in [9.17, 15) is 38.4 Å². The Hall–Kier alpha value is -6.63. The summed E-state index contributed by atoms with van der Waals surface area (Å²) >= 11 is 0. The fraction of sp³-hybridized carbons (Fsp3) is 0.500. The number of benzene rings is 2. The van der Waals surface area contributed by atoms with E-state index in [-0.39, 0.29) is 57.6 Å². The summed E-state index contributed by atoms with van der Waals surface area (Å²) in [6.07, 6.45) is 3.62. The van der Waals surface area contributed by atoms with Crippen molar-refractivity contribution in [1.29, 1.82) is 0 Å². The predicted molar refractivity (Wildman–Crippen MR) is 247 cm³/mol. The third-order valence-electron chi connectivity index (χ3n) is 11.0. The predicted octanol–water partition coefficient (Wildman–Crippen LogP) is 0.666. The number of amides is 6. The average molecular weight is 902 g/mol. The van der Waals surface area contributed by atoms with Gasteiger partial charge in [-0.05, 0) is 76.1 Å². The molecular formula is C46H67N11O8. The van der Waals surface area contributed by atoms with E-state index in [2.05, 4.69) is 36.6 Å². The molecule has 65 heavy (non-hydrogen) atoms. The molecule has 0 aliphatic rings. The van der Waals surface area contributed by atoms with Crippen LogP contribution >= 0.6 is 0 Å². The molecule has 3 rings (SSSR count). The summed E-state index contributed by atoms with van der Waals surface area (Å²) in [5.41, 5.74) is 25.0. The van der Waals surface area contributed by atoms with Crippen molar-refractivity contribution in [2.75, 3.05) is 13.1 Å². The lowest BCUT2D eigenvalue weighted by Gasteiger charge is -2.26. The van der Waals surface area contributed by atoms with E-state index in [4.69, 9.17) is 22.9 Å². The number of carbonyl (C=O) groups excluding carboxylic acids is 8. The van der Waals surface area contributed by atoms with Crippen molar-refractivity contribution in [3.05, 3.63) is 71.9 Å². The van der Waals surface area contributed by atoms with Gasteiger partial charge in [-0.3, -0.25) is 43.3 Å². The molecule has 7 atom stereocenters. The maximum Gasteiger partial charge on any atom is 0.243 e. The summed E-state index contributed by atoms with van der Waals surface area (Å²) in [5, 5.41) is 14.2. The van der Waals surface area contributed by atoms with Gasteiger partial charge in [-0.25, -0.2) is 0 Å². The quantitative estimate of drug-likeness (QED) is 0.0262. The summed E-state index contributed by atoms with van der Waals surface area (Å²) < 4.78 is 0. The highest BCUT2D eigenvalue weighted by molar-refractivity contribution is 5.98. The number of hydrogen-bond acceptors (Lipinski definition) is 10. The van der Waals surface area contributed by atoms with E-state index in [0.29, 0.717) is 24.8 Å². The Labute approximate surface area is 379 Å². The number of hydrogen-bond donors (Lipinski definition) is 10. The highest BCUT2D eigenvalue weighted by Gasteiger charge is 2.33. The minimum Gasteiger partial charge on any atom is -0.370 e. The molecule has 14 N–H and O–H groups in total. The van der Waals surface area contributed by atoms with Crippen LogP contribution in [0.2, 0.25) is 0 Å². The molecule has 3 aromatic rings. The Bertz CT molecular complexity index is 2120. The van der Waals surface area contributed by atoms with Gasteiger partial charge in [0.15, 0.2) is 17.5 Å². The number of H-pyrrole nitrogens is 1. The molecule has 2 aromatic carbocycles. The number of Topliss-reactive ketones (excluding diaryl/α,β-unsaturated/α-hetero) is 2. The normalized spacial score (nSPS) is 14.3. The summed E-state index contributed by atoms with van der Waals surface area (Å²) in [7, 11) is 0. The smallest absolute Gasteiger partial charge is 0.243 e. The van der Waals surface area contributed by atoms with E-state index >= 15 is 0 Å². The van der Waals surface area contributed by atoms with Crippen LogP contribution in [0.4, 0.5) is 0 Å². The lowest BCUT2D eigenvalue weighted by molar-refractivity contribution is -0.135. The lowest BCUT2D eigenvalue weighted by Crippen LogP contribution is -2.57. The van der Waals surface area contributed by atoms with Gasteiger partial charge in [-0.1, -0.05) is 68.3 Å². The summed E-state index contributed by atoms with van der Waals surface area (Å²) in [6.45, 7) is 6.29. The highest BCUT2D eigenvalue weighted by Crippen LogP contribution is 2.23. The number of para-hydroxylation sites is 1. The van der Waals surface area contributed by atoms with Crippen molar-refractivity contribution in [2.45, 2.75) is 122 Å². The molecule has 354 valence electrons. The number of nitrogens with one attached hydrogen (secondary N) is 6. The van der Waals surface area contributed by atoms with Crippen LogP contribution in [0.15, 0.2) is 65.8 Å². The molecule has 1 heterocycles. The van der Waals surface area contributed by atoms with Crippen molar-refractivity contribution >= 4 is 63.9 Å². The number of primary amides is 1. The maximum atomic E-state index is 14.3. The molecule has 0 radical (unpaired) electrons. The maximum absolute atomic E-state index is 14.3. The first-order valence-electron chi connectivity index (χ1n) is 22.1. The van der Waals surface area contributed by atoms with Crippen LogP contribution in [0.3, 0.4) is 0 Å². The first-order chi connectivity index (χ1) is 30.9. The second-order valence-electron chi connectivity index (χ2n) is 16.4. The minimum atomic E-state index is -1.21. The number of nitrogens with two attached hydrogens (primary N) is 4. The van der Waals surface area contributed by atoms with Gasteiger partial charge in [0.05, 0.1) is 12.1 Å². The Balaban J connectivity index is 1.79. The number of carbonyl (C=O) groups is 8. The average Bonchev–Trinajstić information content (AvgIpc) is 3.67. The van der Waals surface area contributed by atoms with Gasteiger partial charge in [0, 0.05) is 55.2 Å². The van der Waals surface area contributed by atoms with Crippen LogP contribution in [0.25, 0.3) is 10.9 Å². The summed E-state index contributed by atoms with van der Waals surface area (Å²) in [6, 6.07) is 11.0. The van der Waals surface area contributed by atoms with Gasteiger partial charge in [-0.2, -0.15) is 0 Å². The van der Waals surface area contributed by atoms with Gasteiger partial charge in [0.25, 0.3) is 0 Å². The van der Waals surface area contributed by atoms with E-state index in [1.165, 1.54) is 20.8 Å². The van der Waals surface area contributed by atoms with Gasteiger partial charge >= 0.3 is 0 Å². The van der Waals surface area contributed by atoms with Crippen LogP contribution in [0.1, 0.15) is 90.2 Å². The van der Waals surface area contributed by atoms with Crippen LogP contribution in [-0.4, -0.2) is 101 Å². The fourth-order valence-electron chi connectivity index (χ4n) is 7.33. The van der Waals surface area contributed by atoms with Crippen molar-refractivity contribution in [3.63, 3.8) is 0 Å². The lowest BCUT2D eigenvalue weighted by atomic mass is 9.89. The van der Waals surface area contributed by atoms with E-state index in [0.717, 1.165) is 22.9 Å². The second kappa shape index (κ2) is 26.9. The third kappa shape index (κ3) is 17.8. The number of aliphatic imine (C=N–C) groups is 1. The SMILES string of the molecule is CCCC[C@H](NC(C)=O)C(=O)N[C@@H](C)C(=O)N[C@@H](CCN)C(=O)N[C@H](Cc1ccccc1)C(=O)C[C@@H](CCCN=C(N)N)C(=O)N[C@@H](C)C(=O)C[C@@H](Cc1c[nH]c2ccccc12)C(N)=O. The summed E-state index contributed by atoms with van der Waals surface area (Å²) in [5.74, 6) is -6.60. The second-order valence-corrected chi connectivity index (χ2v) is 16.4. The van der Waals surface area contributed by atoms with Crippen LogP contribution in [0.5, 0.6) is 0 Å². The standard InChI is InChI=1S/C46H67N11O8/c1-5-6-17-36(55-29(4)58)44(64)54-28(3)42(62)56-37(19-20-47)45(65)57-38(22-30-13-8-7-9-14-30)40(60)24-31(15-12-21-51-46(49)50)43(63)53-27(2)39(59)25-32(41(48)61)23-33-26-52-35-18-11-10-16-34(33)35/h7-11,13-14,16,18,26-28,31-32,36-38,52H,5-6,12,15,17,19-25,47H2,1-4H3,(H2,48,61)(H,53,63)(H,54,64)(H,55,58)(H,56,62)(H,57,65)(H4,49,50,51)/t27-,28-,31+,32+,36-,37-,38+/m0/s1. The molecule has 0 spiro atoms. The number of ketones is 2. The Kier molecular flexibility index (Phi) is 21.8. The molecule has 0 aliphatic carbocycles. The van der Waals surface area contributed by atoms with Crippen molar-refractivity contribution in [3.8, 4) is 0 Å². The number of aromatic nitrogens is 1. The zero-order valence-corrected chi connectivity index (χ0v) is 37.8. The number of rotatable bonds is 29. The molecular weight excluding hydrogens is 835 g/mol. The topological polar surface area (TPSA) is 329 Å². The first-order valence-corrected chi connectivity index (χ1v) is 22.1. The Morgan fingerprint density at radius 3 is 1.91 bits per heavy atom. The number of guanidine groups is 1. The number of unbranched alkanes of at least 4 members (excludes halogenated alkanes) is 1. The van der Waals surface area contributed by atoms with Crippen molar-refractivity contribution in [1.82, 2.24) is 31.6 Å². The molecule has 19 heteroatoms. The van der Waals surface area contributed by atoms with Crippen LogP contribution < -0.4 is 49.5 Å². The van der Waals surface area contributed by atoms with Gasteiger partial charge < -0.3 is 54.5 Å². The largest absolute Gasteiger partial charge is 0.370 e. The Morgan fingerprint density at radius 2 is 1.26 bits per heavy atom. The third-order valence-corrected chi connectivity index (χ3v) is 11.0. The Morgan fingerprint density at radius 1 is 0.646 bits per heavy atom. The molecule has 0 aliphatic heterocycles. The molecule has 0 unspecified atom stereocenters. The summed E-state index contributed by atoms with van der Waals surface area (Å²) in [4.78, 5) is 113. The van der Waals surface area contributed by atoms with Crippen molar-refractivity contribution < 1.29 is 38.4 Å². The molecule has 19 nitrogen and oxygen atoms in total. The molecule has 0 bridgehead atoms. The van der Waals surface area contributed by atoms with Gasteiger partial charge in [0.1, 0.15) is 18.1 Å². The molecule has 6 amide bonds. The van der Waals surface area contributed by atoms with Gasteiger partial charge in [0.2, 0.25) is 35.4 Å². The zero-order chi connectivity index (χ0) is 48.1. The van der Waals surface area contributed by atoms with E-state index in [1.54, 1.807) is 36.5 Å². The van der Waals surface area contributed by atoms with Crippen molar-refractivity contribution in [2.24, 2.45) is 39.8 Å². The molecule has 0 fully saturated rings. The zero-order valence-electron chi connectivity index (χ0n) is 37.8. The van der Waals surface area contributed by atoms with E-state index in [1.807, 2.05) is 31.2 Å². The molecule has 0 saturated carbocycles. The minimum absolute atomic E-state index is 0.0177. The first kappa shape index (κ1) is 52.7. The number of fused-ring (bicyclic) bond motifs is 1.